The largest absolute Gasteiger partial charge is 0.248 e. The number of pyridine rings is 1. The molecule has 1 aromatic heterocycles. The SMILES string of the molecule is N#Cc1cc(F)c(Sc2ccc(Cl)cn2)c(F)c1. The quantitative estimate of drug-likeness (QED) is 0.834. The fourth-order valence-corrected chi connectivity index (χ4v) is 2.12. The molecule has 0 saturated heterocycles. The molecule has 2 aromatic rings. The smallest absolute Gasteiger partial charge is 0.141 e. The van der Waals surface area contributed by atoms with Crippen LogP contribution in [0.2, 0.25) is 5.02 Å². The number of benzene rings is 1. The van der Waals surface area contributed by atoms with Crippen molar-refractivity contribution in [2.45, 2.75) is 9.92 Å². The van der Waals surface area contributed by atoms with E-state index in [2.05, 4.69) is 4.98 Å². The summed E-state index contributed by atoms with van der Waals surface area (Å²) in [7, 11) is 0. The third-order valence-corrected chi connectivity index (χ3v) is 3.30. The second kappa shape index (κ2) is 5.34. The Balaban J connectivity index is 2.35. The summed E-state index contributed by atoms with van der Waals surface area (Å²) in [6.07, 6.45) is 1.39. The molecule has 0 fully saturated rings. The van der Waals surface area contributed by atoms with Crippen LogP contribution in [0.15, 0.2) is 40.4 Å². The van der Waals surface area contributed by atoms with Crippen molar-refractivity contribution < 1.29 is 8.78 Å². The third-order valence-electron chi connectivity index (χ3n) is 2.03. The molecule has 0 aliphatic rings. The van der Waals surface area contributed by atoms with Gasteiger partial charge in [-0.25, -0.2) is 13.8 Å². The minimum absolute atomic E-state index is 0.0570. The van der Waals surface area contributed by atoms with E-state index in [0.29, 0.717) is 10.0 Å². The fourth-order valence-electron chi connectivity index (χ4n) is 1.25. The highest BCUT2D eigenvalue weighted by atomic mass is 35.5. The first-order valence-corrected chi connectivity index (χ1v) is 5.98. The van der Waals surface area contributed by atoms with E-state index in [4.69, 9.17) is 16.9 Å². The Labute approximate surface area is 111 Å². The zero-order valence-electron chi connectivity index (χ0n) is 8.82. The molecule has 0 saturated carbocycles. The number of aromatic nitrogens is 1. The average molecular weight is 283 g/mol. The summed E-state index contributed by atoms with van der Waals surface area (Å²) in [4.78, 5) is 3.74. The summed E-state index contributed by atoms with van der Waals surface area (Å²) in [5.74, 6) is -1.57. The van der Waals surface area contributed by atoms with Gasteiger partial charge in [-0.3, -0.25) is 0 Å². The minimum atomic E-state index is -0.784. The Kier molecular flexibility index (Phi) is 3.80. The highest BCUT2D eigenvalue weighted by Gasteiger charge is 2.13. The van der Waals surface area contributed by atoms with E-state index < -0.39 is 11.6 Å². The molecular weight excluding hydrogens is 278 g/mol. The van der Waals surface area contributed by atoms with E-state index in [0.717, 1.165) is 23.9 Å². The monoisotopic (exact) mass is 282 g/mol. The first kappa shape index (κ1) is 12.8. The lowest BCUT2D eigenvalue weighted by Crippen LogP contribution is -1.91. The average Bonchev–Trinajstić information content (AvgIpc) is 2.35. The van der Waals surface area contributed by atoms with Gasteiger partial charge in [0.1, 0.15) is 16.7 Å². The lowest BCUT2D eigenvalue weighted by molar-refractivity contribution is 0.539. The number of nitrogens with zero attached hydrogens (tertiary/aromatic N) is 2. The van der Waals surface area contributed by atoms with Gasteiger partial charge in [0.05, 0.1) is 21.6 Å². The molecule has 0 N–H and O–H groups in total. The highest BCUT2D eigenvalue weighted by Crippen LogP contribution is 2.31. The summed E-state index contributed by atoms with van der Waals surface area (Å²) in [5.41, 5.74) is -0.0570. The Morgan fingerprint density at radius 3 is 2.39 bits per heavy atom. The molecule has 0 spiro atoms. The number of nitriles is 1. The van der Waals surface area contributed by atoms with Crippen LogP contribution in [0.4, 0.5) is 8.78 Å². The van der Waals surface area contributed by atoms with Crippen molar-refractivity contribution in [3.63, 3.8) is 0 Å². The van der Waals surface area contributed by atoms with Gasteiger partial charge in [0.15, 0.2) is 0 Å². The van der Waals surface area contributed by atoms with Crippen molar-refractivity contribution in [1.82, 2.24) is 4.98 Å². The normalized spacial score (nSPS) is 10.1. The maximum Gasteiger partial charge on any atom is 0.141 e. The molecule has 1 heterocycles. The first-order valence-electron chi connectivity index (χ1n) is 4.78. The van der Waals surface area contributed by atoms with Gasteiger partial charge in [0, 0.05) is 6.20 Å². The van der Waals surface area contributed by atoms with E-state index >= 15 is 0 Å². The molecular formula is C12H5ClF2N2S. The van der Waals surface area contributed by atoms with Gasteiger partial charge in [-0.15, -0.1) is 0 Å². The van der Waals surface area contributed by atoms with Crippen LogP contribution in [0.3, 0.4) is 0 Å². The van der Waals surface area contributed by atoms with Crippen LogP contribution in [0.25, 0.3) is 0 Å². The van der Waals surface area contributed by atoms with Crippen molar-refractivity contribution in [2.75, 3.05) is 0 Å². The molecule has 0 amide bonds. The molecule has 2 nitrogen and oxygen atoms in total. The van der Waals surface area contributed by atoms with Gasteiger partial charge in [0.25, 0.3) is 0 Å². The molecule has 0 unspecified atom stereocenters. The fraction of sp³-hybridized carbons (Fsp3) is 0. The molecule has 0 aliphatic carbocycles. The van der Waals surface area contributed by atoms with Crippen molar-refractivity contribution in [2.24, 2.45) is 0 Å². The van der Waals surface area contributed by atoms with Gasteiger partial charge in [0.2, 0.25) is 0 Å². The Bertz CT molecular complexity index is 600. The molecule has 6 heteroatoms. The maximum absolute atomic E-state index is 13.6. The van der Waals surface area contributed by atoms with Crippen molar-refractivity contribution in [1.29, 1.82) is 5.26 Å². The van der Waals surface area contributed by atoms with E-state index in [1.165, 1.54) is 6.20 Å². The third kappa shape index (κ3) is 2.78. The van der Waals surface area contributed by atoms with Crippen LogP contribution < -0.4 is 0 Å². The number of halogens is 3. The molecule has 2 rings (SSSR count). The Morgan fingerprint density at radius 2 is 1.89 bits per heavy atom. The Hall–Kier alpha value is -1.64. The van der Waals surface area contributed by atoms with E-state index in [-0.39, 0.29) is 10.5 Å². The topological polar surface area (TPSA) is 36.7 Å². The lowest BCUT2D eigenvalue weighted by atomic mass is 10.2. The standard InChI is InChI=1S/C12H5ClF2N2S/c13-8-1-2-11(17-6-8)18-12-9(14)3-7(5-16)4-10(12)15/h1-4,6H. The second-order valence-corrected chi connectivity index (χ2v) is 4.76. The zero-order chi connectivity index (χ0) is 13.1. The van der Waals surface area contributed by atoms with Crippen LogP contribution in [-0.4, -0.2) is 4.98 Å². The maximum atomic E-state index is 13.6. The Morgan fingerprint density at radius 1 is 1.22 bits per heavy atom. The van der Waals surface area contributed by atoms with E-state index in [9.17, 15) is 8.78 Å². The highest BCUT2D eigenvalue weighted by molar-refractivity contribution is 7.99. The summed E-state index contributed by atoms with van der Waals surface area (Å²) >= 11 is 6.50. The van der Waals surface area contributed by atoms with Gasteiger partial charge in [-0.1, -0.05) is 23.4 Å². The van der Waals surface area contributed by atoms with Gasteiger partial charge < -0.3 is 0 Å². The second-order valence-electron chi connectivity index (χ2n) is 3.30. The van der Waals surface area contributed by atoms with Crippen molar-refractivity contribution in [3.05, 3.63) is 52.7 Å². The van der Waals surface area contributed by atoms with Crippen LogP contribution in [0.5, 0.6) is 0 Å². The molecule has 0 aliphatic heterocycles. The molecule has 0 bridgehead atoms. The summed E-state index contributed by atoms with van der Waals surface area (Å²) in [5, 5.41) is 9.44. The molecule has 0 atom stereocenters. The molecule has 18 heavy (non-hydrogen) atoms. The van der Waals surface area contributed by atoms with Crippen LogP contribution in [0, 0.1) is 23.0 Å². The van der Waals surface area contributed by atoms with Crippen LogP contribution >= 0.6 is 23.4 Å². The summed E-state index contributed by atoms with van der Waals surface area (Å²) in [6.45, 7) is 0. The first-order chi connectivity index (χ1) is 8.60. The lowest BCUT2D eigenvalue weighted by Gasteiger charge is -2.04. The predicted octanol–water partition coefficient (Wildman–Crippen LogP) is 4.04. The van der Waals surface area contributed by atoms with Crippen LogP contribution in [0.1, 0.15) is 5.56 Å². The molecule has 1 aromatic carbocycles. The van der Waals surface area contributed by atoms with E-state index in [1.807, 2.05) is 0 Å². The summed E-state index contributed by atoms with van der Waals surface area (Å²) < 4.78 is 27.2. The molecule has 90 valence electrons. The van der Waals surface area contributed by atoms with Gasteiger partial charge >= 0.3 is 0 Å². The van der Waals surface area contributed by atoms with E-state index in [1.54, 1.807) is 18.2 Å². The predicted molar refractivity (Wildman–Crippen MR) is 64.4 cm³/mol. The number of hydrogen-bond acceptors (Lipinski definition) is 3. The van der Waals surface area contributed by atoms with Crippen molar-refractivity contribution >= 4 is 23.4 Å². The molecule has 0 radical (unpaired) electrons. The van der Waals surface area contributed by atoms with Crippen molar-refractivity contribution in [3.8, 4) is 6.07 Å². The zero-order valence-corrected chi connectivity index (χ0v) is 10.4. The van der Waals surface area contributed by atoms with Gasteiger partial charge in [-0.05, 0) is 24.3 Å². The minimum Gasteiger partial charge on any atom is -0.248 e. The summed E-state index contributed by atoms with van der Waals surface area (Å²) in [6, 6.07) is 6.80. The van der Waals surface area contributed by atoms with Gasteiger partial charge in [-0.2, -0.15) is 5.26 Å². The number of hydrogen-bond donors (Lipinski definition) is 0. The number of rotatable bonds is 2. The van der Waals surface area contributed by atoms with Crippen LogP contribution in [-0.2, 0) is 0 Å².